The number of rotatable bonds is 7. The Labute approximate surface area is 138 Å². The lowest BCUT2D eigenvalue weighted by molar-refractivity contribution is 0.499. The van der Waals surface area contributed by atoms with Crippen molar-refractivity contribution in [2.75, 3.05) is 6.54 Å². The Bertz CT molecular complexity index is 527. The fraction of sp³-hybridized carbons (Fsp3) is 0.375. The van der Waals surface area contributed by atoms with Gasteiger partial charge in [-0.05, 0) is 72.0 Å². The van der Waals surface area contributed by atoms with E-state index in [1.165, 1.54) is 11.1 Å². The fourth-order valence-electron chi connectivity index (χ4n) is 2.21. The molecule has 0 fully saturated rings. The molecule has 0 saturated carbocycles. The Morgan fingerprint density at radius 1 is 1.35 bits per heavy atom. The maximum Gasteiger partial charge on any atom is 0.0454 e. The predicted molar refractivity (Wildman–Crippen MR) is 92.8 cm³/mol. The Morgan fingerprint density at radius 3 is 2.90 bits per heavy atom. The molecule has 2 rings (SSSR count). The van der Waals surface area contributed by atoms with E-state index in [9.17, 15) is 0 Å². The van der Waals surface area contributed by atoms with Gasteiger partial charge in [0.15, 0.2) is 0 Å². The molecule has 1 unspecified atom stereocenters. The normalized spacial score (nSPS) is 12.6. The molecule has 1 aromatic heterocycles. The molecule has 1 atom stereocenters. The minimum atomic E-state index is 0.305. The third-order valence-electron chi connectivity index (χ3n) is 3.28. The molecular formula is C16H19BrClNS. The summed E-state index contributed by atoms with van der Waals surface area (Å²) in [4.78, 5) is 0. The highest BCUT2D eigenvalue weighted by Gasteiger charge is 2.14. The van der Waals surface area contributed by atoms with Gasteiger partial charge in [0.2, 0.25) is 0 Å². The summed E-state index contributed by atoms with van der Waals surface area (Å²) < 4.78 is 1.08. The summed E-state index contributed by atoms with van der Waals surface area (Å²) in [6.45, 7) is 3.20. The number of benzene rings is 1. The van der Waals surface area contributed by atoms with Crippen molar-refractivity contribution in [3.05, 3.63) is 55.6 Å². The second kappa shape index (κ2) is 8.18. The summed E-state index contributed by atoms with van der Waals surface area (Å²) in [5.41, 5.74) is 2.59. The van der Waals surface area contributed by atoms with Crippen LogP contribution in [0.2, 0.25) is 5.02 Å². The predicted octanol–water partition coefficient (Wildman–Crippen LogP) is 5.84. The van der Waals surface area contributed by atoms with Gasteiger partial charge in [0, 0.05) is 15.5 Å². The van der Waals surface area contributed by atoms with Gasteiger partial charge in [-0.2, -0.15) is 11.3 Å². The fourth-order valence-corrected chi connectivity index (χ4v) is 3.54. The smallest absolute Gasteiger partial charge is 0.0454 e. The van der Waals surface area contributed by atoms with Crippen LogP contribution in [0.15, 0.2) is 39.5 Å². The third-order valence-corrected chi connectivity index (χ3v) is 4.85. The topological polar surface area (TPSA) is 12.0 Å². The summed E-state index contributed by atoms with van der Waals surface area (Å²) in [7, 11) is 0. The first-order valence-corrected chi connectivity index (χ1v) is 9.01. The molecule has 1 heterocycles. The van der Waals surface area contributed by atoms with Gasteiger partial charge in [0.1, 0.15) is 0 Å². The number of hydrogen-bond acceptors (Lipinski definition) is 2. The van der Waals surface area contributed by atoms with E-state index in [0.717, 1.165) is 35.3 Å². The van der Waals surface area contributed by atoms with E-state index in [2.05, 4.69) is 51.1 Å². The zero-order valence-electron chi connectivity index (χ0n) is 11.5. The van der Waals surface area contributed by atoms with E-state index in [0.29, 0.717) is 6.04 Å². The van der Waals surface area contributed by atoms with Gasteiger partial charge in [0.05, 0.1) is 0 Å². The second-order valence-electron chi connectivity index (χ2n) is 4.84. The van der Waals surface area contributed by atoms with Crippen molar-refractivity contribution in [2.45, 2.75) is 32.2 Å². The van der Waals surface area contributed by atoms with Gasteiger partial charge < -0.3 is 5.32 Å². The lowest BCUT2D eigenvalue weighted by Gasteiger charge is -2.20. The van der Waals surface area contributed by atoms with Gasteiger partial charge in [-0.1, -0.05) is 34.5 Å². The summed E-state index contributed by atoms with van der Waals surface area (Å²) in [6, 6.07) is 8.58. The van der Waals surface area contributed by atoms with Crippen LogP contribution in [0.3, 0.4) is 0 Å². The molecule has 1 aromatic carbocycles. The summed E-state index contributed by atoms with van der Waals surface area (Å²) in [5, 5.41) is 8.81. The van der Waals surface area contributed by atoms with Crippen LogP contribution in [-0.4, -0.2) is 6.54 Å². The number of halogens is 2. The first-order chi connectivity index (χ1) is 9.70. The highest BCUT2D eigenvalue weighted by Crippen LogP contribution is 2.29. The molecule has 0 spiro atoms. The Morgan fingerprint density at radius 2 is 2.20 bits per heavy atom. The average Bonchev–Trinajstić information content (AvgIpc) is 2.95. The molecular weight excluding hydrogens is 354 g/mol. The van der Waals surface area contributed by atoms with Gasteiger partial charge >= 0.3 is 0 Å². The maximum atomic E-state index is 6.37. The van der Waals surface area contributed by atoms with E-state index in [4.69, 9.17) is 11.6 Å². The van der Waals surface area contributed by atoms with Crippen molar-refractivity contribution < 1.29 is 0 Å². The van der Waals surface area contributed by atoms with Gasteiger partial charge in [-0.15, -0.1) is 0 Å². The van der Waals surface area contributed by atoms with Crippen molar-refractivity contribution in [3.8, 4) is 0 Å². The SMILES string of the molecule is CCCNC(CCc1ccsc1)c1cc(Br)ccc1Cl. The first kappa shape index (κ1) is 16.0. The second-order valence-corrected chi connectivity index (χ2v) is 6.95. The molecule has 0 bridgehead atoms. The highest BCUT2D eigenvalue weighted by atomic mass is 79.9. The molecule has 0 saturated heterocycles. The van der Waals surface area contributed by atoms with E-state index in [-0.39, 0.29) is 0 Å². The van der Waals surface area contributed by atoms with Crippen LogP contribution in [0.4, 0.5) is 0 Å². The van der Waals surface area contributed by atoms with Crippen molar-refractivity contribution in [1.29, 1.82) is 0 Å². The lowest BCUT2D eigenvalue weighted by Crippen LogP contribution is -2.23. The monoisotopic (exact) mass is 371 g/mol. The quantitative estimate of drug-likeness (QED) is 0.644. The molecule has 108 valence electrons. The number of nitrogens with one attached hydrogen (secondary N) is 1. The number of aryl methyl sites for hydroxylation is 1. The molecule has 4 heteroatoms. The Kier molecular flexibility index (Phi) is 6.56. The van der Waals surface area contributed by atoms with Crippen molar-refractivity contribution in [3.63, 3.8) is 0 Å². The van der Waals surface area contributed by atoms with Crippen LogP contribution in [0.25, 0.3) is 0 Å². The molecule has 1 N–H and O–H groups in total. The molecule has 20 heavy (non-hydrogen) atoms. The average molecular weight is 373 g/mol. The zero-order valence-corrected chi connectivity index (χ0v) is 14.7. The molecule has 0 aliphatic carbocycles. The molecule has 0 amide bonds. The molecule has 1 nitrogen and oxygen atoms in total. The van der Waals surface area contributed by atoms with Gasteiger partial charge in [-0.3, -0.25) is 0 Å². The lowest BCUT2D eigenvalue weighted by atomic mass is 10.00. The van der Waals surface area contributed by atoms with Crippen molar-refractivity contribution in [1.82, 2.24) is 5.32 Å². The zero-order chi connectivity index (χ0) is 14.4. The van der Waals surface area contributed by atoms with Gasteiger partial charge in [-0.25, -0.2) is 0 Å². The Hall–Kier alpha value is -0.350. The molecule has 0 radical (unpaired) electrons. The molecule has 2 aromatic rings. The number of thiophene rings is 1. The molecule has 0 aliphatic rings. The van der Waals surface area contributed by atoms with Crippen LogP contribution < -0.4 is 5.32 Å². The standard InChI is InChI=1S/C16H19BrClNS/c1-2-8-19-16(6-3-12-7-9-20-11-12)14-10-13(17)4-5-15(14)18/h4-5,7,9-11,16,19H,2-3,6,8H2,1H3. The van der Waals surface area contributed by atoms with E-state index in [1.54, 1.807) is 11.3 Å². The van der Waals surface area contributed by atoms with Crippen LogP contribution in [0.5, 0.6) is 0 Å². The van der Waals surface area contributed by atoms with Crippen LogP contribution in [-0.2, 0) is 6.42 Å². The van der Waals surface area contributed by atoms with Crippen LogP contribution >= 0.6 is 38.9 Å². The van der Waals surface area contributed by atoms with Crippen molar-refractivity contribution in [2.24, 2.45) is 0 Å². The summed E-state index contributed by atoms with van der Waals surface area (Å²) in [5.74, 6) is 0. The van der Waals surface area contributed by atoms with Crippen LogP contribution in [0, 0.1) is 0 Å². The first-order valence-electron chi connectivity index (χ1n) is 6.90. The maximum absolute atomic E-state index is 6.37. The van der Waals surface area contributed by atoms with E-state index >= 15 is 0 Å². The minimum absolute atomic E-state index is 0.305. The minimum Gasteiger partial charge on any atom is -0.310 e. The van der Waals surface area contributed by atoms with Gasteiger partial charge in [0.25, 0.3) is 0 Å². The van der Waals surface area contributed by atoms with E-state index in [1.807, 2.05) is 12.1 Å². The van der Waals surface area contributed by atoms with Crippen molar-refractivity contribution >= 4 is 38.9 Å². The third kappa shape index (κ3) is 4.59. The van der Waals surface area contributed by atoms with E-state index < -0.39 is 0 Å². The number of hydrogen-bond donors (Lipinski definition) is 1. The summed E-state index contributed by atoms with van der Waals surface area (Å²) >= 11 is 11.7. The Balaban J connectivity index is 2.11. The summed E-state index contributed by atoms with van der Waals surface area (Å²) in [6.07, 6.45) is 3.27. The van der Waals surface area contributed by atoms with Crippen LogP contribution in [0.1, 0.15) is 36.9 Å². The molecule has 0 aliphatic heterocycles. The largest absolute Gasteiger partial charge is 0.310 e. The highest BCUT2D eigenvalue weighted by molar-refractivity contribution is 9.10.